The molecule has 0 saturated carbocycles. The highest BCUT2D eigenvalue weighted by atomic mass is 16.5. The number of benzene rings is 2. The molecule has 1 unspecified atom stereocenters. The Morgan fingerprint density at radius 1 is 1.14 bits per heavy atom. The Morgan fingerprint density at radius 2 is 1.81 bits per heavy atom. The second kappa shape index (κ2) is 7.42. The normalized spacial score (nSPS) is 11.7. The van der Waals surface area contributed by atoms with Crippen molar-refractivity contribution < 1.29 is 14.3 Å². The second-order valence-electron chi connectivity index (χ2n) is 4.43. The van der Waals surface area contributed by atoms with E-state index in [-0.39, 0.29) is 6.61 Å². The molecule has 0 radical (unpaired) electrons. The molecule has 0 aliphatic rings. The summed E-state index contributed by atoms with van der Waals surface area (Å²) >= 11 is 0. The topological polar surface area (TPSA) is 73.6 Å². The van der Waals surface area contributed by atoms with Crippen LogP contribution >= 0.6 is 0 Å². The number of ether oxygens (including phenoxy) is 2. The summed E-state index contributed by atoms with van der Waals surface area (Å²) < 4.78 is 10.8. The Bertz CT molecular complexity index is 587. The van der Waals surface area contributed by atoms with Gasteiger partial charge in [-0.25, -0.2) is 5.84 Å². The van der Waals surface area contributed by atoms with E-state index in [1.54, 1.807) is 0 Å². The van der Waals surface area contributed by atoms with Gasteiger partial charge in [0.2, 0.25) is 6.10 Å². The van der Waals surface area contributed by atoms with Gasteiger partial charge in [0.1, 0.15) is 5.75 Å². The van der Waals surface area contributed by atoms with Crippen LogP contribution in [0, 0.1) is 0 Å². The summed E-state index contributed by atoms with van der Waals surface area (Å²) in [5.74, 6) is 5.35. The minimum absolute atomic E-state index is 0.117. The van der Waals surface area contributed by atoms with Gasteiger partial charge in [-0.1, -0.05) is 48.5 Å². The fraction of sp³-hybridized carbons (Fsp3) is 0.188. The summed E-state index contributed by atoms with van der Waals surface area (Å²) in [6, 6.07) is 17.3. The van der Waals surface area contributed by atoms with E-state index in [9.17, 15) is 4.79 Å². The highest BCUT2D eigenvalue weighted by molar-refractivity contribution is 5.81. The molecule has 1 amide bonds. The van der Waals surface area contributed by atoms with Crippen molar-refractivity contribution in [2.45, 2.75) is 6.10 Å². The van der Waals surface area contributed by atoms with Gasteiger partial charge in [0.15, 0.2) is 0 Å². The van der Waals surface area contributed by atoms with Gasteiger partial charge in [0, 0.05) is 12.7 Å². The van der Waals surface area contributed by atoms with Crippen molar-refractivity contribution in [3.05, 3.63) is 54.6 Å². The molecule has 0 heterocycles. The maximum absolute atomic E-state index is 11.7. The largest absolute Gasteiger partial charge is 0.477 e. The number of methoxy groups -OCH3 is 1. The molecular formula is C16H18N2O3. The van der Waals surface area contributed by atoms with Crippen molar-refractivity contribution >= 4 is 5.91 Å². The van der Waals surface area contributed by atoms with E-state index < -0.39 is 12.0 Å². The second-order valence-corrected chi connectivity index (χ2v) is 4.43. The molecule has 5 nitrogen and oxygen atoms in total. The summed E-state index contributed by atoms with van der Waals surface area (Å²) in [5, 5.41) is 0. The predicted octanol–water partition coefficient (Wildman–Crippen LogP) is 1.74. The van der Waals surface area contributed by atoms with E-state index in [2.05, 4.69) is 5.43 Å². The van der Waals surface area contributed by atoms with E-state index in [1.807, 2.05) is 54.6 Å². The number of hydrogen-bond donors (Lipinski definition) is 2. The third-order valence-corrected chi connectivity index (χ3v) is 2.99. The molecule has 2 aromatic rings. The molecule has 0 bridgehead atoms. The van der Waals surface area contributed by atoms with E-state index >= 15 is 0 Å². The van der Waals surface area contributed by atoms with Gasteiger partial charge in [-0.2, -0.15) is 0 Å². The van der Waals surface area contributed by atoms with E-state index in [1.165, 1.54) is 7.11 Å². The molecule has 0 spiro atoms. The minimum Gasteiger partial charge on any atom is -0.477 e. The third-order valence-electron chi connectivity index (χ3n) is 2.99. The summed E-state index contributed by atoms with van der Waals surface area (Å²) in [4.78, 5) is 11.7. The third kappa shape index (κ3) is 3.81. The van der Waals surface area contributed by atoms with E-state index in [0.717, 1.165) is 11.1 Å². The number of carbonyl (C=O) groups is 1. The first kappa shape index (κ1) is 15.0. The minimum atomic E-state index is -0.801. The Balaban J connectivity index is 2.29. The molecule has 0 aliphatic carbocycles. The molecule has 0 saturated heterocycles. The molecule has 110 valence electrons. The van der Waals surface area contributed by atoms with Crippen molar-refractivity contribution in [3.8, 4) is 16.9 Å². The van der Waals surface area contributed by atoms with Crippen LogP contribution in [0.25, 0.3) is 11.1 Å². The van der Waals surface area contributed by atoms with Gasteiger partial charge < -0.3 is 9.47 Å². The average molecular weight is 286 g/mol. The lowest BCUT2D eigenvalue weighted by atomic mass is 10.0. The Hall–Kier alpha value is -2.37. The Kier molecular flexibility index (Phi) is 5.31. The number of amides is 1. The molecule has 2 rings (SSSR count). The quantitative estimate of drug-likeness (QED) is 0.482. The molecule has 0 aliphatic heterocycles. The first-order valence-corrected chi connectivity index (χ1v) is 6.56. The van der Waals surface area contributed by atoms with Crippen molar-refractivity contribution in [1.29, 1.82) is 0 Å². The standard InChI is InChI=1S/C16H18N2O3/c1-20-11-15(16(19)18-17)21-14-10-6-5-9-13(14)12-7-3-2-4-8-12/h2-10,15H,11,17H2,1H3,(H,18,19). The molecule has 0 aromatic heterocycles. The number of para-hydroxylation sites is 1. The highest BCUT2D eigenvalue weighted by Crippen LogP contribution is 2.30. The Labute approximate surface area is 123 Å². The fourth-order valence-electron chi connectivity index (χ4n) is 1.99. The first-order valence-electron chi connectivity index (χ1n) is 6.56. The van der Waals surface area contributed by atoms with Crippen molar-refractivity contribution in [1.82, 2.24) is 5.43 Å². The lowest BCUT2D eigenvalue weighted by molar-refractivity contribution is -0.130. The van der Waals surface area contributed by atoms with Crippen molar-refractivity contribution in [3.63, 3.8) is 0 Å². The highest BCUT2D eigenvalue weighted by Gasteiger charge is 2.20. The van der Waals surface area contributed by atoms with Crippen molar-refractivity contribution in [2.24, 2.45) is 5.84 Å². The van der Waals surface area contributed by atoms with Gasteiger partial charge in [-0.05, 0) is 11.6 Å². The summed E-state index contributed by atoms with van der Waals surface area (Å²) in [7, 11) is 1.50. The molecule has 21 heavy (non-hydrogen) atoms. The van der Waals surface area contributed by atoms with Crippen LogP contribution in [0.2, 0.25) is 0 Å². The molecule has 1 atom stereocenters. The number of rotatable bonds is 6. The maximum atomic E-state index is 11.7. The first-order chi connectivity index (χ1) is 10.3. The zero-order chi connectivity index (χ0) is 15.1. The number of hydrazine groups is 1. The fourth-order valence-corrected chi connectivity index (χ4v) is 1.99. The van der Waals surface area contributed by atoms with Gasteiger partial charge >= 0.3 is 0 Å². The van der Waals surface area contributed by atoms with E-state index in [0.29, 0.717) is 5.75 Å². The lowest BCUT2D eigenvalue weighted by Gasteiger charge is -2.19. The molecule has 5 heteroatoms. The molecular weight excluding hydrogens is 268 g/mol. The van der Waals surface area contributed by atoms with E-state index in [4.69, 9.17) is 15.3 Å². The average Bonchev–Trinajstić information content (AvgIpc) is 2.55. The zero-order valence-corrected chi connectivity index (χ0v) is 11.8. The monoisotopic (exact) mass is 286 g/mol. The number of nitrogens with two attached hydrogens (primary N) is 1. The lowest BCUT2D eigenvalue weighted by Crippen LogP contribution is -2.44. The molecule has 3 N–H and O–H groups in total. The maximum Gasteiger partial charge on any atom is 0.277 e. The van der Waals surface area contributed by atoms with Crippen LogP contribution in [-0.2, 0) is 9.53 Å². The molecule has 0 fully saturated rings. The zero-order valence-electron chi connectivity index (χ0n) is 11.8. The summed E-state index contributed by atoms with van der Waals surface area (Å²) in [6.07, 6.45) is -0.801. The smallest absolute Gasteiger partial charge is 0.277 e. The number of nitrogens with one attached hydrogen (secondary N) is 1. The number of hydrogen-bond acceptors (Lipinski definition) is 4. The van der Waals surface area contributed by atoms with Crippen molar-refractivity contribution in [2.75, 3.05) is 13.7 Å². The van der Waals surface area contributed by atoms with Crippen LogP contribution in [0.15, 0.2) is 54.6 Å². The van der Waals surface area contributed by atoms with Gasteiger partial charge in [0.05, 0.1) is 6.61 Å². The number of carbonyl (C=O) groups excluding carboxylic acids is 1. The predicted molar refractivity (Wildman–Crippen MR) is 80.5 cm³/mol. The summed E-state index contributed by atoms with van der Waals surface area (Å²) in [6.45, 7) is 0.117. The van der Waals surface area contributed by atoms with Crippen LogP contribution in [0.3, 0.4) is 0 Å². The van der Waals surface area contributed by atoms with Crippen LogP contribution < -0.4 is 16.0 Å². The van der Waals surface area contributed by atoms with Crippen LogP contribution in [0.4, 0.5) is 0 Å². The Morgan fingerprint density at radius 3 is 2.48 bits per heavy atom. The SMILES string of the molecule is COCC(Oc1ccccc1-c1ccccc1)C(=O)NN. The summed E-state index contributed by atoms with van der Waals surface area (Å²) in [5.41, 5.74) is 4.00. The van der Waals surface area contributed by atoms with Crippen LogP contribution in [0.1, 0.15) is 0 Å². The van der Waals surface area contributed by atoms with Gasteiger partial charge in [0.25, 0.3) is 5.91 Å². The van der Waals surface area contributed by atoms with Gasteiger partial charge in [-0.3, -0.25) is 10.2 Å². The van der Waals surface area contributed by atoms with Gasteiger partial charge in [-0.15, -0.1) is 0 Å². The van der Waals surface area contributed by atoms with Crippen LogP contribution in [-0.4, -0.2) is 25.7 Å². The van der Waals surface area contributed by atoms with Crippen LogP contribution in [0.5, 0.6) is 5.75 Å². The molecule has 2 aromatic carbocycles.